The Morgan fingerprint density at radius 1 is 0.657 bits per heavy atom. The normalized spacial score (nSPS) is 22.0. The summed E-state index contributed by atoms with van der Waals surface area (Å²) in [7, 11) is 3.32. The number of anilines is 2. The van der Waals surface area contributed by atoms with Gasteiger partial charge in [0.2, 0.25) is 11.8 Å². The minimum Gasteiger partial charge on any atom is -0.382 e. The Bertz CT molecular complexity index is 2770. The zero-order chi connectivity index (χ0) is 46.6. The van der Waals surface area contributed by atoms with Gasteiger partial charge in [0.25, 0.3) is 11.8 Å². The third-order valence-corrected chi connectivity index (χ3v) is 13.4. The molecule has 2 saturated carbocycles. The monoisotopic (exact) mass is 910 g/mol. The van der Waals surface area contributed by atoms with Crippen molar-refractivity contribution < 1.29 is 23.9 Å². The van der Waals surface area contributed by atoms with Gasteiger partial charge in [-0.05, 0) is 90.2 Å². The molecule has 19 heteroatoms. The van der Waals surface area contributed by atoms with E-state index in [1.165, 1.54) is 12.7 Å². The summed E-state index contributed by atoms with van der Waals surface area (Å²) < 4.78 is 10.4. The van der Waals surface area contributed by atoms with Gasteiger partial charge < -0.3 is 36.6 Å². The van der Waals surface area contributed by atoms with Crippen molar-refractivity contribution in [2.45, 2.75) is 108 Å². The first-order valence-corrected chi connectivity index (χ1v) is 23.4. The van der Waals surface area contributed by atoms with Gasteiger partial charge in [-0.15, -0.1) is 0 Å². The summed E-state index contributed by atoms with van der Waals surface area (Å²) in [5.74, 6) is 0.668. The molecule has 350 valence electrons. The summed E-state index contributed by atoms with van der Waals surface area (Å²) in [5.41, 5.74) is 4.22. The van der Waals surface area contributed by atoms with Crippen LogP contribution in [0, 0.1) is 11.8 Å². The number of hydrogen-bond donors (Lipinski definition) is 6. The smallest absolute Gasteiger partial charge is 0.255 e. The minimum absolute atomic E-state index is 0.00994. The third-order valence-electron chi connectivity index (χ3n) is 13.4. The number of ether oxygens (including phenoxy) is 1. The molecule has 2 unspecified atom stereocenters. The summed E-state index contributed by atoms with van der Waals surface area (Å²) in [4.78, 5) is 79.9. The minimum atomic E-state index is -0.421. The maximum Gasteiger partial charge on any atom is 0.255 e. The molecule has 6 N–H and O–H groups in total. The van der Waals surface area contributed by atoms with Crippen molar-refractivity contribution >= 4 is 57.1 Å². The van der Waals surface area contributed by atoms with Crippen LogP contribution in [-0.4, -0.2) is 108 Å². The van der Waals surface area contributed by atoms with Gasteiger partial charge in [-0.2, -0.15) is 0 Å². The molecule has 4 amide bonds. The Balaban J connectivity index is 0.989. The van der Waals surface area contributed by atoms with Gasteiger partial charge in [-0.25, -0.2) is 29.9 Å². The number of rotatable bonds is 13. The summed E-state index contributed by atoms with van der Waals surface area (Å²) in [5, 5.41) is 20.8. The first-order chi connectivity index (χ1) is 32.6. The van der Waals surface area contributed by atoms with Gasteiger partial charge >= 0.3 is 0 Å². The van der Waals surface area contributed by atoms with Gasteiger partial charge in [0.05, 0.1) is 34.3 Å². The molecule has 3 aliphatic rings. The number of amides is 4. The number of carbonyl (C=O) groups is 4. The van der Waals surface area contributed by atoms with Gasteiger partial charge in [0.15, 0.2) is 0 Å². The molecule has 1 aliphatic heterocycles. The lowest BCUT2D eigenvalue weighted by Crippen LogP contribution is -2.40. The molecule has 0 bridgehead atoms. The highest BCUT2D eigenvalue weighted by Crippen LogP contribution is 2.36. The molecule has 9 rings (SSSR count). The van der Waals surface area contributed by atoms with Crippen LogP contribution in [0.15, 0.2) is 67.9 Å². The highest BCUT2D eigenvalue weighted by atomic mass is 16.5. The van der Waals surface area contributed by atoms with Crippen molar-refractivity contribution in [3.05, 3.63) is 84.7 Å². The predicted octanol–water partition coefficient (Wildman–Crippen LogP) is 5.17. The predicted molar refractivity (Wildman–Crippen MR) is 252 cm³/mol. The fraction of sp³-hybridized carbons (Fsp3) is 0.458. The fourth-order valence-corrected chi connectivity index (χ4v) is 9.85. The van der Waals surface area contributed by atoms with Crippen LogP contribution in [0.5, 0.6) is 0 Å². The summed E-state index contributed by atoms with van der Waals surface area (Å²) in [6, 6.07) is 7.48. The second kappa shape index (κ2) is 19.8. The summed E-state index contributed by atoms with van der Waals surface area (Å²) in [6.45, 7) is 4.47. The van der Waals surface area contributed by atoms with Crippen LogP contribution < -0.4 is 31.9 Å². The zero-order valence-corrected chi connectivity index (χ0v) is 38.3. The lowest BCUT2D eigenvalue weighted by molar-refractivity contribution is -0.126. The van der Waals surface area contributed by atoms with Crippen molar-refractivity contribution in [1.82, 2.24) is 60.3 Å². The van der Waals surface area contributed by atoms with E-state index in [2.05, 4.69) is 46.9 Å². The second-order valence-electron chi connectivity index (χ2n) is 18.2. The maximum atomic E-state index is 14.2. The molecule has 0 spiro atoms. The standard InChI is InChI=1S/C48H58N14O5/c1-27(2)57-37-20-42(54-24-35(37)47(65)59-32-9-5-28(6-10-32)45(63)49-3)62-39(17-31-22-52-26-56-44(31)62)40-18-34(14-16-67-40)58-38-19-41(61-15-13-30-21-51-25-55-43(30)61)53-23-36(38)48(66)60-33-11-7-29(8-12-33)46(64)50-4/h13,15,17,19-29,32-34,40H,5-12,14,16,18H2,1-4H3,(H,49,63)(H,50,64)(H,53,58)(H,54,57)(H,59,65)(H,60,66). The zero-order valence-electron chi connectivity index (χ0n) is 38.3. The third kappa shape index (κ3) is 9.77. The highest BCUT2D eigenvalue weighted by molar-refractivity contribution is 6.00. The maximum absolute atomic E-state index is 14.2. The van der Waals surface area contributed by atoms with Crippen LogP contribution in [0.3, 0.4) is 0 Å². The van der Waals surface area contributed by atoms with E-state index in [0.29, 0.717) is 103 Å². The van der Waals surface area contributed by atoms with Crippen LogP contribution in [0.4, 0.5) is 11.4 Å². The number of hydrogen-bond acceptors (Lipinski definition) is 13. The molecule has 6 aromatic rings. The van der Waals surface area contributed by atoms with E-state index >= 15 is 0 Å². The lowest BCUT2D eigenvalue weighted by Gasteiger charge is -2.32. The number of carbonyl (C=O) groups excluding carboxylic acids is 4. The van der Waals surface area contributed by atoms with E-state index in [9.17, 15) is 19.2 Å². The summed E-state index contributed by atoms with van der Waals surface area (Å²) in [6.07, 6.45) is 18.1. The Morgan fingerprint density at radius 3 is 1.87 bits per heavy atom. The van der Waals surface area contributed by atoms with Crippen LogP contribution in [0.2, 0.25) is 0 Å². The van der Waals surface area contributed by atoms with E-state index < -0.39 is 6.10 Å². The Kier molecular flexibility index (Phi) is 13.4. The average Bonchev–Trinajstić information content (AvgIpc) is 3.96. The lowest BCUT2D eigenvalue weighted by atomic mass is 9.85. The first-order valence-electron chi connectivity index (χ1n) is 23.4. The van der Waals surface area contributed by atoms with Crippen LogP contribution in [-0.2, 0) is 14.3 Å². The molecule has 67 heavy (non-hydrogen) atoms. The molecule has 2 atom stereocenters. The SMILES string of the molecule is CNC(=O)C1CCC(NC(=O)c2cnc(-n3c(C4CC(Nc5cc(-n6ccc7cncnc76)ncc5C(=O)NC5CCC(C(=O)NC)CC5)CCO4)cc4cncnc43)cc2NC(C)C)CC1. The van der Waals surface area contributed by atoms with Gasteiger partial charge in [-0.3, -0.25) is 28.3 Å². The number of nitrogens with zero attached hydrogens (tertiary/aromatic N) is 8. The van der Waals surface area contributed by atoms with Gasteiger partial charge in [0, 0.05) is 111 Å². The largest absolute Gasteiger partial charge is 0.382 e. The van der Waals surface area contributed by atoms with Crippen molar-refractivity contribution in [1.29, 1.82) is 0 Å². The first kappa shape index (κ1) is 45.1. The Hall–Kier alpha value is -7.02. The number of aromatic nitrogens is 8. The van der Waals surface area contributed by atoms with E-state index in [0.717, 1.165) is 29.3 Å². The van der Waals surface area contributed by atoms with Crippen LogP contribution in [0.25, 0.3) is 33.7 Å². The van der Waals surface area contributed by atoms with Gasteiger partial charge in [-0.1, -0.05) is 0 Å². The van der Waals surface area contributed by atoms with E-state index in [1.807, 2.05) is 53.4 Å². The van der Waals surface area contributed by atoms with Crippen LogP contribution in [0.1, 0.15) is 111 Å². The quantitative estimate of drug-likeness (QED) is 0.0879. The Morgan fingerprint density at radius 2 is 1.24 bits per heavy atom. The molecule has 0 aromatic carbocycles. The molecule has 0 radical (unpaired) electrons. The molecule has 7 heterocycles. The van der Waals surface area contributed by atoms with Gasteiger partial charge in [0.1, 0.15) is 35.6 Å². The molecule has 1 saturated heterocycles. The molecule has 6 aromatic heterocycles. The van der Waals surface area contributed by atoms with E-state index in [1.54, 1.807) is 38.9 Å². The van der Waals surface area contributed by atoms with Crippen LogP contribution >= 0.6 is 0 Å². The molecule has 3 fully saturated rings. The highest BCUT2D eigenvalue weighted by Gasteiger charge is 2.32. The van der Waals surface area contributed by atoms with E-state index in [-0.39, 0.29) is 59.6 Å². The molecule has 19 nitrogen and oxygen atoms in total. The van der Waals surface area contributed by atoms with Crippen molar-refractivity contribution in [3.8, 4) is 11.6 Å². The van der Waals surface area contributed by atoms with Crippen molar-refractivity contribution in [3.63, 3.8) is 0 Å². The topological polar surface area (TPSA) is 237 Å². The number of nitrogens with one attached hydrogen (secondary N) is 6. The average molecular weight is 911 g/mol. The summed E-state index contributed by atoms with van der Waals surface area (Å²) >= 11 is 0. The second-order valence-corrected chi connectivity index (χ2v) is 18.2. The number of pyridine rings is 2. The van der Waals surface area contributed by atoms with E-state index in [4.69, 9.17) is 19.7 Å². The number of fused-ring (bicyclic) bond motifs is 2. The molecular formula is C48H58N14O5. The van der Waals surface area contributed by atoms with Crippen molar-refractivity contribution in [2.75, 3.05) is 31.3 Å². The molecule has 2 aliphatic carbocycles. The fourth-order valence-electron chi connectivity index (χ4n) is 9.85. The van der Waals surface area contributed by atoms with Crippen molar-refractivity contribution in [2.24, 2.45) is 11.8 Å². The molecular weight excluding hydrogens is 853 g/mol. The Labute approximate surface area is 388 Å².